The van der Waals surface area contributed by atoms with Gasteiger partial charge in [0.2, 0.25) is 0 Å². The lowest BCUT2D eigenvalue weighted by atomic mass is 10.2. The summed E-state index contributed by atoms with van der Waals surface area (Å²) >= 11 is 3.61. The molecule has 25 heavy (non-hydrogen) atoms. The van der Waals surface area contributed by atoms with Gasteiger partial charge in [0.1, 0.15) is 6.61 Å². The average molecular weight is 375 g/mol. The van der Waals surface area contributed by atoms with Gasteiger partial charge < -0.3 is 9.47 Å². The number of hydrogen-bond donors (Lipinski definition) is 0. The summed E-state index contributed by atoms with van der Waals surface area (Å²) in [6.45, 7) is 4.68. The minimum Gasteiger partial charge on any atom is -0.460 e. The number of thioether (sulfide) groups is 1. The van der Waals surface area contributed by atoms with Gasteiger partial charge in [-0.1, -0.05) is 48.7 Å². The van der Waals surface area contributed by atoms with Crippen molar-refractivity contribution < 1.29 is 14.3 Å². The van der Waals surface area contributed by atoms with Crippen molar-refractivity contribution >= 4 is 29.5 Å². The Labute approximate surface area is 157 Å². The van der Waals surface area contributed by atoms with E-state index in [0.717, 1.165) is 17.6 Å². The summed E-state index contributed by atoms with van der Waals surface area (Å²) in [5, 5.41) is 0. The van der Waals surface area contributed by atoms with E-state index in [1.165, 1.54) is 15.4 Å². The molecule has 0 aliphatic carbocycles. The predicted molar refractivity (Wildman–Crippen MR) is 105 cm³/mol. The number of carbonyl (C=O) groups excluding carboxylic acids is 1. The number of ether oxygens (including phenoxy) is 2. The molecule has 0 saturated carbocycles. The molecule has 3 nitrogen and oxygen atoms in total. The summed E-state index contributed by atoms with van der Waals surface area (Å²) in [4.78, 5) is 13.3. The van der Waals surface area contributed by atoms with Crippen LogP contribution in [0.4, 0.5) is 0 Å². The fourth-order valence-corrected chi connectivity index (χ4v) is 3.71. The monoisotopic (exact) mass is 374 g/mol. The first-order valence-electron chi connectivity index (χ1n) is 8.04. The maximum Gasteiger partial charge on any atom is 0.330 e. The zero-order valence-electron chi connectivity index (χ0n) is 14.1. The van der Waals surface area contributed by atoms with Crippen molar-refractivity contribution in [1.29, 1.82) is 0 Å². The van der Waals surface area contributed by atoms with Gasteiger partial charge in [-0.15, -0.1) is 0 Å². The molecule has 2 aromatic carbocycles. The summed E-state index contributed by atoms with van der Waals surface area (Å²) in [7, 11) is 0. The van der Waals surface area contributed by atoms with E-state index in [4.69, 9.17) is 9.47 Å². The van der Waals surface area contributed by atoms with Crippen LogP contribution in [0.3, 0.4) is 0 Å². The van der Waals surface area contributed by atoms with Crippen LogP contribution in [-0.4, -0.2) is 31.5 Å². The van der Waals surface area contributed by atoms with E-state index >= 15 is 0 Å². The Bertz CT molecular complexity index is 659. The second-order valence-corrected chi connectivity index (χ2v) is 7.35. The molecule has 5 heteroatoms. The van der Waals surface area contributed by atoms with Crippen LogP contribution < -0.4 is 0 Å². The number of carbonyl (C=O) groups is 1. The van der Waals surface area contributed by atoms with Crippen molar-refractivity contribution in [2.24, 2.45) is 0 Å². The molecule has 0 amide bonds. The highest BCUT2D eigenvalue weighted by molar-refractivity contribution is 7.99. The van der Waals surface area contributed by atoms with Crippen LogP contribution >= 0.6 is 23.5 Å². The van der Waals surface area contributed by atoms with Crippen molar-refractivity contribution in [3.8, 4) is 0 Å². The van der Waals surface area contributed by atoms with E-state index in [1.54, 1.807) is 11.8 Å². The number of esters is 1. The third-order valence-electron chi connectivity index (χ3n) is 3.16. The standard InChI is InChI=1S/C20H22O3S2/c1-2-20(21)23-12-11-22-13-14-24-16-17-7-6-10-19(15-17)25-18-8-4-3-5-9-18/h2-10,15H,1,11-14,16H2. The first-order valence-corrected chi connectivity index (χ1v) is 10.0. The summed E-state index contributed by atoms with van der Waals surface area (Å²) < 4.78 is 10.3. The van der Waals surface area contributed by atoms with Gasteiger partial charge in [0.25, 0.3) is 0 Å². The topological polar surface area (TPSA) is 35.5 Å². The summed E-state index contributed by atoms with van der Waals surface area (Å²) in [5.41, 5.74) is 1.31. The van der Waals surface area contributed by atoms with E-state index in [1.807, 2.05) is 17.8 Å². The third kappa shape index (κ3) is 8.29. The Hall–Kier alpha value is -1.69. The summed E-state index contributed by atoms with van der Waals surface area (Å²) in [6.07, 6.45) is 1.15. The molecule has 0 N–H and O–H groups in total. The second-order valence-electron chi connectivity index (χ2n) is 5.10. The first-order chi connectivity index (χ1) is 12.3. The predicted octanol–water partition coefficient (Wildman–Crippen LogP) is 4.82. The van der Waals surface area contributed by atoms with Crippen molar-refractivity contribution in [3.63, 3.8) is 0 Å². The molecule has 0 heterocycles. The first kappa shape index (κ1) is 19.6. The highest BCUT2D eigenvalue weighted by atomic mass is 32.2. The molecule has 0 aliphatic heterocycles. The van der Waals surface area contributed by atoms with E-state index in [-0.39, 0.29) is 6.61 Å². The molecule has 0 fully saturated rings. The van der Waals surface area contributed by atoms with E-state index in [9.17, 15) is 4.79 Å². The minimum absolute atomic E-state index is 0.272. The summed E-state index contributed by atoms with van der Waals surface area (Å²) in [5.74, 6) is 1.45. The molecule has 0 aromatic heterocycles. The smallest absolute Gasteiger partial charge is 0.330 e. The molecule has 0 spiro atoms. The van der Waals surface area contributed by atoms with E-state index in [0.29, 0.717) is 13.2 Å². The van der Waals surface area contributed by atoms with Crippen molar-refractivity contribution in [1.82, 2.24) is 0 Å². The number of rotatable bonds is 11. The van der Waals surface area contributed by atoms with E-state index in [2.05, 4.69) is 55.1 Å². The molecule has 0 atom stereocenters. The number of benzene rings is 2. The lowest BCUT2D eigenvalue weighted by Crippen LogP contribution is -2.09. The SMILES string of the molecule is C=CC(=O)OCCOCCSCc1cccc(Sc2ccccc2)c1. The molecule has 0 saturated heterocycles. The zero-order valence-corrected chi connectivity index (χ0v) is 15.7. The van der Waals surface area contributed by atoms with Gasteiger partial charge in [-0.2, -0.15) is 11.8 Å². The fraction of sp³-hybridized carbons (Fsp3) is 0.250. The lowest BCUT2D eigenvalue weighted by molar-refractivity contribution is -0.139. The van der Waals surface area contributed by atoms with Gasteiger partial charge in [0.05, 0.1) is 13.2 Å². The quantitative estimate of drug-likeness (QED) is 0.320. The summed E-state index contributed by atoms with van der Waals surface area (Å²) in [6, 6.07) is 19.0. The second kappa shape index (κ2) is 11.8. The normalized spacial score (nSPS) is 10.4. The van der Waals surface area contributed by atoms with Gasteiger partial charge in [0.15, 0.2) is 0 Å². The fourth-order valence-electron chi connectivity index (χ4n) is 1.99. The molecule has 0 unspecified atom stereocenters. The van der Waals surface area contributed by atoms with Crippen LogP contribution in [0.5, 0.6) is 0 Å². The van der Waals surface area contributed by atoms with Crippen LogP contribution in [0.15, 0.2) is 77.0 Å². The van der Waals surface area contributed by atoms with Crippen molar-refractivity contribution in [2.75, 3.05) is 25.6 Å². The molecule has 0 bridgehead atoms. The zero-order chi connectivity index (χ0) is 17.7. The molecular weight excluding hydrogens is 352 g/mol. The number of hydrogen-bond acceptors (Lipinski definition) is 5. The Morgan fingerprint density at radius 1 is 1.00 bits per heavy atom. The molecule has 2 rings (SSSR count). The third-order valence-corrected chi connectivity index (χ3v) is 5.15. The molecule has 132 valence electrons. The maximum atomic E-state index is 10.8. The van der Waals surface area contributed by atoms with Crippen LogP contribution in [0, 0.1) is 0 Å². The molecular formula is C20H22O3S2. The van der Waals surface area contributed by atoms with Crippen LogP contribution in [0.1, 0.15) is 5.56 Å². The van der Waals surface area contributed by atoms with Gasteiger partial charge in [-0.05, 0) is 29.8 Å². The maximum absolute atomic E-state index is 10.8. The van der Waals surface area contributed by atoms with Gasteiger partial charge in [-0.3, -0.25) is 0 Å². The van der Waals surface area contributed by atoms with E-state index < -0.39 is 5.97 Å². The van der Waals surface area contributed by atoms with Crippen molar-refractivity contribution in [2.45, 2.75) is 15.5 Å². The van der Waals surface area contributed by atoms with Gasteiger partial charge in [0, 0.05) is 27.4 Å². The Morgan fingerprint density at radius 2 is 1.80 bits per heavy atom. The van der Waals surface area contributed by atoms with Gasteiger partial charge in [-0.25, -0.2) is 4.79 Å². The van der Waals surface area contributed by atoms with Crippen LogP contribution in [0.2, 0.25) is 0 Å². The Balaban J connectivity index is 1.62. The molecule has 0 aliphatic rings. The van der Waals surface area contributed by atoms with Crippen LogP contribution in [-0.2, 0) is 20.0 Å². The average Bonchev–Trinajstić information content (AvgIpc) is 2.65. The molecule has 0 radical (unpaired) electrons. The van der Waals surface area contributed by atoms with Crippen LogP contribution in [0.25, 0.3) is 0 Å². The largest absolute Gasteiger partial charge is 0.460 e. The highest BCUT2D eigenvalue weighted by Crippen LogP contribution is 2.28. The minimum atomic E-state index is -0.411. The highest BCUT2D eigenvalue weighted by Gasteiger charge is 2.00. The lowest BCUT2D eigenvalue weighted by Gasteiger charge is -2.06. The Morgan fingerprint density at radius 3 is 2.60 bits per heavy atom. The Kier molecular flexibility index (Phi) is 9.26. The van der Waals surface area contributed by atoms with Crippen molar-refractivity contribution in [3.05, 3.63) is 72.8 Å². The molecule has 2 aromatic rings. The van der Waals surface area contributed by atoms with Gasteiger partial charge >= 0.3 is 5.97 Å².